The standard InChI is InChI=1S/C19H21BrN2O5S/c1-26-17-8-7-15(28(24,25)22-11-3-2-4-12-22)13-16(17)21-19(23)10-6-14-5-9-18(20)27-14/h5-10,13H,2-4,11-12H2,1H3,(H,21,23)/b10-6+. The topological polar surface area (TPSA) is 88.9 Å². The summed E-state index contributed by atoms with van der Waals surface area (Å²) in [4.78, 5) is 12.4. The van der Waals surface area contributed by atoms with Crippen molar-refractivity contribution in [2.24, 2.45) is 0 Å². The highest BCUT2D eigenvalue weighted by atomic mass is 79.9. The van der Waals surface area contributed by atoms with Crippen molar-refractivity contribution >= 4 is 43.6 Å². The first-order valence-electron chi connectivity index (χ1n) is 8.83. The molecule has 7 nitrogen and oxygen atoms in total. The molecule has 0 spiro atoms. The molecular weight excluding hydrogens is 448 g/mol. The summed E-state index contributed by atoms with van der Waals surface area (Å²) in [5.41, 5.74) is 0.288. The predicted octanol–water partition coefficient (Wildman–Crippen LogP) is 3.88. The molecular formula is C19H21BrN2O5S. The summed E-state index contributed by atoms with van der Waals surface area (Å²) in [5, 5.41) is 2.67. The minimum absolute atomic E-state index is 0.129. The molecule has 1 aliphatic rings. The summed E-state index contributed by atoms with van der Waals surface area (Å²) in [7, 11) is -2.15. The average Bonchev–Trinajstić information content (AvgIpc) is 3.12. The van der Waals surface area contributed by atoms with Crippen molar-refractivity contribution in [2.75, 3.05) is 25.5 Å². The Morgan fingerprint density at radius 3 is 2.61 bits per heavy atom. The molecule has 2 heterocycles. The van der Waals surface area contributed by atoms with Crippen LogP contribution in [0.15, 0.2) is 50.4 Å². The lowest BCUT2D eigenvalue weighted by atomic mass is 10.2. The van der Waals surface area contributed by atoms with Gasteiger partial charge in [-0.25, -0.2) is 8.42 Å². The van der Waals surface area contributed by atoms with Crippen LogP contribution in [-0.2, 0) is 14.8 Å². The lowest BCUT2D eigenvalue weighted by Gasteiger charge is -2.26. The van der Waals surface area contributed by atoms with E-state index in [-0.39, 0.29) is 10.6 Å². The summed E-state index contributed by atoms with van der Waals surface area (Å²) in [6.45, 7) is 1.02. The quantitative estimate of drug-likeness (QED) is 0.649. The van der Waals surface area contributed by atoms with Gasteiger partial charge in [0.2, 0.25) is 15.9 Å². The molecule has 1 aliphatic heterocycles. The summed E-state index contributed by atoms with van der Waals surface area (Å²) < 4.78 is 38.4. The van der Waals surface area contributed by atoms with Crippen LogP contribution in [0.4, 0.5) is 5.69 Å². The molecule has 0 atom stereocenters. The molecule has 0 aliphatic carbocycles. The molecule has 2 aromatic rings. The minimum atomic E-state index is -3.61. The van der Waals surface area contributed by atoms with Crippen LogP contribution in [0.5, 0.6) is 5.75 Å². The molecule has 1 amide bonds. The molecule has 1 aromatic heterocycles. The molecule has 150 valence electrons. The number of carbonyl (C=O) groups is 1. The average molecular weight is 469 g/mol. The minimum Gasteiger partial charge on any atom is -0.495 e. The van der Waals surface area contributed by atoms with E-state index in [2.05, 4.69) is 21.2 Å². The first kappa shape index (κ1) is 20.6. The van der Waals surface area contributed by atoms with Gasteiger partial charge in [-0.1, -0.05) is 6.42 Å². The Hall–Kier alpha value is -2.10. The van der Waals surface area contributed by atoms with Crippen molar-refractivity contribution in [3.05, 3.63) is 46.8 Å². The van der Waals surface area contributed by atoms with Crippen molar-refractivity contribution in [3.63, 3.8) is 0 Å². The van der Waals surface area contributed by atoms with Crippen molar-refractivity contribution in [1.29, 1.82) is 0 Å². The summed E-state index contributed by atoms with van der Waals surface area (Å²) in [6, 6.07) is 7.89. The number of methoxy groups -OCH3 is 1. The van der Waals surface area contributed by atoms with Gasteiger partial charge in [0, 0.05) is 19.2 Å². The SMILES string of the molecule is COc1ccc(S(=O)(=O)N2CCCCC2)cc1NC(=O)/C=C/c1ccc(Br)o1. The normalized spacial score (nSPS) is 15.6. The fourth-order valence-electron chi connectivity index (χ4n) is 2.95. The van der Waals surface area contributed by atoms with E-state index in [4.69, 9.17) is 9.15 Å². The largest absolute Gasteiger partial charge is 0.495 e. The van der Waals surface area contributed by atoms with Crippen molar-refractivity contribution in [1.82, 2.24) is 4.31 Å². The fraction of sp³-hybridized carbons (Fsp3) is 0.316. The second-order valence-corrected chi connectivity index (χ2v) is 9.01. The van der Waals surface area contributed by atoms with Crippen molar-refractivity contribution in [2.45, 2.75) is 24.2 Å². The van der Waals surface area contributed by atoms with Gasteiger partial charge in [0.1, 0.15) is 11.5 Å². The Balaban J connectivity index is 1.80. The molecule has 1 saturated heterocycles. The van der Waals surface area contributed by atoms with Crippen LogP contribution >= 0.6 is 15.9 Å². The molecule has 1 aromatic carbocycles. The van der Waals surface area contributed by atoms with Gasteiger partial charge in [-0.3, -0.25) is 4.79 Å². The van der Waals surface area contributed by atoms with E-state index in [0.29, 0.717) is 29.3 Å². The number of anilines is 1. The molecule has 0 radical (unpaired) electrons. The van der Waals surface area contributed by atoms with Gasteiger partial charge in [-0.2, -0.15) is 4.31 Å². The third kappa shape index (κ3) is 4.84. The smallest absolute Gasteiger partial charge is 0.248 e. The van der Waals surface area contributed by atoms with E-state index in [1.807, 2.05) is 0 Å². The zero-order chi connectivity index (χ0) is 20.1. The molecule has 1 fully saturated rings. The zero-order valence-electron chi connectivity index (χ0n) is 15.4. The van der Waals surface area contributed by atoms with E-state index in [1.54, 1.807) is 18.2 Å². The molecule has 28 heavy (non-hydrogen) atoms. The molecule has 3 rings (SSSR count). The number of ether oxygens (including phenoxy) is 1. The van der Waals surface area contributed by atoms with Crippen LogP contribution in [0.1, 0.15) is 25.0 Å². The van der Waals surface area contributed by atoms with E-state index in [1.165, 1.54) is 35.7 Å². The first-order valence-corrected chi connectivity index (χ1v) is 11.1. The number of furan rings is 1. The van der Waals surface area contributed by atoms with Crippen molar-refractivity contribution in [3.8, 4) is 5.75 Å². The second-order valence-electron chi connectivity index (χ2n) is 6.29. The van der Waals surface area contributed by atoms with Gasteiger partial charge in [0.15, 0.2) is 4.67 Å². The third-order valence-corrected chi connectivity index (χ3v) is 6.70. The number of halogens is 1. The van der Waals surface area contributed by atoms with E-state index >= 15 is 0 Å². The molecule has 0 bridgehead atoms. The zero-order valence-corrected chi connectivity index (χ0v) is 17.8. The van der Waals surface area contributed by atoms with Gasteiger partial charge in [-0.15, -0.1) is 0 Å². The number of nitrogens with zero attached hydrogens (tertiary/aromatic N) is 1. The van der Waals surface area contributed by atoms with Crippen LogP contribution in [-0.4, -0.2) is 38.8 Å². The van der Waals surface area contributed by atoms with Crippen LogP contribution in [0, 0.1) is 0 Å². The number of piperidine rings is 1. The van der Waals surface area contributed by atoms with Crippen molar-refractivity contribution < 1.29 is 22.4 Å². The Labute approximate surface area is 172 Å². The maximum absolute atomic E-state index is 12.9. The highest BCUT2D eigenvalue weighted by molar-refractivity contribution is 9.10. The van der Waals surface area contributed by atoms with Gasteiger partial charge in [0.05, 0.1) is 17.7 Å². The predicted molar refractivity (Wildman–Crippen MR) is 110 cm³/mol. The second kappa shape index (κ2) is 8.93. The van der Waals surface area contributed by atoms with E-state index in [9.17, 15) is 13.2 Å². The molecule has 0 saturated carbocycles. The van der Waals surface area contributed by atoms with E-state index in [0.717, 1.165) is 19.3 Å². The van der Waals surface area contributed by atoms with Gasteiger partial charge >= 0.3 is 0 Å². The summed E-state index contributed by atoms with van der Waals surface area (Å²) in [5.74, 6) is 0.453. The molecule has 9 heteroatoms. The van der Waals surface area contributed by atoms with Gasteiger partial charge in [-0.05, 0) is 65.2 Å². The first-order chi connectivity index (χ1) is 13.4. The monoisotopic (exact) mass is 468 g/mol. The number of amides is 1. The number of hydrogen-bond acceptors (Lipinski definition) is 5. The maximum Gasteiger partial charge on any atom is 0.248 e. The lowest BCUT2D eigenvalue weighted by Crippen LogP contribution is -2.35. The highest BCUT2D eigenvalue weighted by Gasteiger charge is 2.26. The van der Waals surface area contributed by atoms with E-state index < -0.39 is 15.9 Å². The third-order valence-electron chi connectivity index (χ3n) is 4.37. The lowest BCUT2D eigenvalue weighted by molar-refractivity contribution is -0.111. The Morgan fingerprint density at radius 2 is 1.96 bits per heavy atom. The van der Waals surface area contributed by atoms with Crippen LogP contribution in [0.25, 0.3) is 6.08 Å². The Morgan fingerprint density at radius 1 is 1.21 bits per heavy atom. The highest BCUT2D eigenvalue weighted by Crippen LogP contribution is 2.30. The Bertz CT molecular complexity index is 978. The number of rotatable bonds is 6. The van der Waals surface area contributed by atoms with Crippen LogP contribution in [0.3, 0.4) is 0 Å². The van der Waals surface area contributed by atoms with Gasteiger partial charge < -0.3 is 14.5 Å². The fourth-order valence-corrected chi connectivity index (χ4v) is 4.81. The van der Waals surface area contributed by atoms with Crippen LogP contribution < -0.4 is 10.1 Å². The van der Waals surface area contributed by atoms with Crippen LogP contribution in [0.2, 0.25) is 0 Å². The summed E-state index contributed by atoms with van der Waals surface area (Å²) >= 11 is 3.19. The number of benzene rings is 1. The number of sulfonamides is 1. The maximum atomic E-state index is 12.9. The number of hydrogen-bond donors (Lipinski definition) is 1. The molecule has 1 N–H and O–H groups in total. The Kier molecular flexibility index (Phi) is 6.58. The number of nitrogens with one attached hydrogen (secondary N) is 1. The van der Waals surface area contributed by atoms with Gasteiger partial charge in [0.25, 0.3) is 0 Å². The summed E-state index contributed by atoms with van der Waals surface area (Å²) in [6.07, 6.45) is 5.56. The number of carbonyl (C=O) groups excluding carboxylic acids is 1. The molecule has 0 unspecified atom stereocenters.